The van der Waals surface area contributed by atoms with Gasteiger partial charge in [-0.25, -0.2) is 17.9 Å². The standard InChI is InChI=1S/C18H22N2O6S/c1-3-9-19-17(21)13(2)26-18(22)14-6-4-8-16(11-14)27(23,24)20-12-15-7-5-10-25-15/h4-8,10-11,13,20H,3,9,12H2,1-2H3,(H,19,21)/t13-/m0/s1. The third-order valence-electron chi connectivity index (χ3n) is 3.60. The van der Waals surface area contributed by atoms with E-state index < -0.39 is 28.0 Å². The highest BCUT2D eigenvalue weighted by atomic mass is 32.2. The van der Waals surface area contributed by atoms with Crippen LogP contribution in [0.3, 0.4) is 0 Å². The Morgan fingerprint density at radius 1 is 1.22 bits per heavy atom. The molecule has 0 fully saturated rings. The van der Waals surface area contributed by atoms with E-state index >= 15 is 0 Å². The molecule has 0 bridgehead atoms. The number of hydrogen-bond donors (Lipinski definition) is 2. The molecule has 1 aromatic carbocycles. The van der Waals surface area contributed by atoms with E-state index in [4.69, 9.17) is 9.15 Å². The Kier molecular flexibility index (Phi) is 7.14. The Balaban J connectivity index is 2.05. The van der Waals surface area contributed by atoms with Crippen LogP contribution in [0.4, 0.5) is 0 Å². The third kappa shape index (κ3) is 5.93. The van der Waals surface area contributed by atoms with Gasteiger partial charge in [0.25, 0.3) is 5.91 Å². The molecule has 2 N–H and O–H groups in total. The first-order chi connectivity index (χ1) is 12.8. The molecule has 1 amide bonds. The van der Waals surface area contributed by atoms with Crippen LogP contribution in [0.5, 0.6) is 0 Å². The predicted molar refractivity (Wildman–Crippen MR) is 97.4 cm³/mol. The second-order valence-corrected chi connectivity index (χ2v) is 7.54. The average Bonchev–Trinajstić information content (AvgIpc) is 3.18. The molecule has 0 spiro atoms. The van der Waals surface area contributed by atoms with Gasteiger partial charge in [-0.15, -0.1) is 0 Å². The maximum Gasteiger partial charge on any atom is 0.338 e. The van der Waals surface area contributed by atoms with Crippen molar-refractivity contribution in [2.45, 2.75) is 37.8 Å². The minimum Gasteiger partial charge on any atom is -0.468 e. The van der Waals surface area contributed by atoms with Crippen molar-refractivity contribution < 1.29 is 27.2 Å². The first-order valence-corrected chi connectivity index (χ1v) is 9.92. The smallest absolute Gasteiger partial charge is 0.338 e. The number of furan rings is 1. The zero-order valence-electron chi connectivity index (χ0n) is 15.1. The van der Waals surface area contributed by atoms with E-state index in [0.717, 1.165) is 6.42 Å². The monoisotopic (exact) mass is 394 g/mol. The summed E-state index contributed by atoms with van der Waals surface area (Å²) in [6.45, 7) is 3.83. The van der Waals surface area contributed by atoms with Crippen molar-refractivity contribution in [3.8, 4) is 0 Å². The van der Waals surface area contributed by atoms with Crippen LogP contribution in [-0.4, -0.2) is 32.9 Å². The van der Waals surface area contributed by atoms with Crippen LogP contribution >= 0.6 is 0 Å². The fourth-order valence-electron chi connectivity index (χ4n) is 2.13. The minimum atomic E-state index is -3.85. The predicted octanol–water partition coefficient (Wildman–Crippen LogP) is 1.83. The third-order valence-corrected chi connectivity index (χ3v) is 5.00. The zero-order chi connectivity index (χ0) is 19.9. The van der Waals surface area contributed by atoms with Crippen LogP contribution in [0.1, 0.15) is 36.4 Å². The van der Waals surface area contributed by atoms with Crippen LogP contribution in [-0.2, 0) is 26.1 Å². The summed E-state index contributed by atoms with van der Waals surface area (Å²) >= 11 is 0. The first kappa shape index (κ1) is 20.7. The van der Waals surface area contributed by atoms with E-state index in [2.05, 4.69) is 10.0 Å². The van der Waals surface area contributed by atoms with Crippen LogP contribution in [0, 0.1) is 0 Å². The van der Waals surface area contributed by atoms with Gasteiger partial charge >= 0.3 is 5.97 Å². The molecule has 146 valence electrons. The number of esters is 1. The van der Waals surface area contributed by atoms with E-state index in [1.807, 2.05) is 6.92 Å². The number of rotatable bonds is 9. The molecular weight excluding hydrogens is 372 g/mol. The van der Waals surface area contributed by atoms with Gasteiger partial charge in [0.1, 0.15) is 5.76 Å². The summed E-state index contributed by atoms with van der Waals surface area (Å²) < 4.78 is 37.3. The quantitative estimate of drug-likeness (QED) is 0.627. The normalized spacial score (nSPS) is 12.4. The van der Waals surface area contributed by atoms with Crippen molar-refractivity contribution in [2.75, 3.05) is 6.54 Å². The van der Waals surface area contributed by atoms with Crippen LogP contribution in [0.2, 0.25) is 0 Å². The van der Waals surface area contributed by atoms with E-state index in [-0.39, 0.29) is 17.0 Å². The molecule has 9 heteroatoms. The summed E-state index contributed by atoms with van der Waals surface area (Å²) in [6, 6.07) is 8.70. The fraction of sp³-hybridized carbons (Fsp3) is 0.333. The van der Waals surface area contributed by atoms with E-state index in [1.54, 1.807) is 12.1 Å². The van der Waals surface area contributed by atoms with E-state index in [0.29, 0.717) is 12.3 Å². The maximum absolute atomic E-state index is 12.4. The average molecular weight is 394 g/mol. The number of amides is 1. The van der Waals surface area contributed by atoms with Crippen molar-refractivity contribution >= 4 is 21.9 Å². The Morgan fingerprint density at radius 3 is 2.67 bits per heavy atom. The first-order valence-electron chi connectivity index (χ1n) is 8.44. The molecule has 0 aliphatic heterocycles. The molecule has 1 heterocycles. The van der Waals surface area contributed by atoms with Crippen LogP contribution in [0.15, 0.2) is 52.0 Å². The molecule has 1 atom stereocenters. The highest BCUT2D eigenvalue weighted by molar-refractivity contribution is 7.89. The van der Waals surface area contributed by atoms with Gasteiger partial charge < -0.3 is 14.5 Å². The van der Waals surface area contributed by atoms with Crippen LogP contribution in [0.25, 0.3) is 0 Å². The fourth-order valence-corrected chi connectivity index (χ4v) is 3.17. The molecule has 0 unspecified atom stereocenters. The molecule has 2 rings (SSSR count). The van der Waals surface area contributed by atoms with Gasteiger partial charge in [0.2, 0.25) is 10.0 Å². The largest absolute Gasteiger partial charge is 0.468 e. The second kappa shape index (κ2) is 9.33. The summed E-state index contributed by atoms with van der Waals surface area (Å²) in [5, 5.41) is 2.62. The van der Waals surface area contributed by atoms with E-state index in [1.165, 1.54) is 37.5 Å². The number of carbonyl (C=O) groups excluding carboxylic acids is 2. The lowest BCUT2D eigenvalue weighted by Crippen LogP contribution is -2.36. The van der Waals surface area contributed by atoms with Gasteiger partial charge in [-0.3, -0.25) is 4.79 Å². The van der Waals surface area contributed by atoms with Gasteiger partial charge in [-0.05, 0) is 43.7 Å². The summed E-state index contributed by atoms with van der Waals surface area (Å²) in [7, 11) is -3.85. The Bertz CT molecular complexity index is 877. The van der Waals surface area contributed by atoms with Crippen LogP contribution < -0.4 is 10.0 Å². The summed E-state index contributed by atoms with van der Waals surface area (Å²) in [6.07, 6.45) is 1.22. The van der Waals surface area contributed by atoms with Crippen molar-refractivity contribution in [1.82, 2.24) is 10.0 Å². The molecule has 0 radical (unpaired) electrons. The Hall–Kier alpha value is -2.65. The van der Waals surface area contributed by atoms with Gasteiger partial charge in [-0.1, -0.05) is 13.0 Å². The molecule has 0 saturated heterocycles. The Morgan fingerprint density at radius 2 is 2.00 bits per heavy atom. The van der Waals surface area contributed by atoms with Crippen molar-refractivity contribution in [3.63, 3.8) is 0 Å². The topological polar surface area (TPSA) is 115 Å². The van der Waals surface area contributed by atoms with Crippen molar-refractivity contribution in [2.24, 2.45) is 0 Å². The van der Waals surface area contributed by atoms with Crippen molar-refractivity contribution in [1.29, 1.82) is 0 Å². The lowest BCUT2D eigenvalue weighted by Gasteiger charge is -2.13. The maximum atomic E-state index is 12.4. The van der Waals surface area contributed by atoms with E-state index in [9.17, 15) is 18.0 Å². The highest BCUT2D eigenvalue weighted by Gasteiger charge is 2.21. The van der Waals surface area contributed by atoms with Gasteiger partial charge in [0.15, 0.2) is 6.10 Å². The number of nitrogens with one attached hydrogen (secondary N) is 2. The van der Waals surface area contributed by atoms with Crippen molar-refractivity contribution in [3.05, 3.63) is 54.0 Å². The van der Waals surface area contributed by atoms with Gasteiger partial charge in [0, 0.05) is 6.54 Å². The number of ether oxygens (including phenoxy) is 1. The minimum absolute atomic E-state index is 0.0152. The molecular formula is C18H22N2O6S. The summed E-state index contributed by atoms with van der Waals surface area (Å²) in [5.41, 5.74) is 0.0333. The number of carbonyl (C=O) groups is 2. The lowest BCUT2D eigenvalue weighted by molar-refractivity contribution is -0.129. The molecule has 1 aromatic heterocycles. The van der Waals surface area contributed by atoms with Gasteiger partial charge in [0.05, 0.1) is 23.3 Å². The lowest BCUT2D eigenvalue weighted by atomic mass is 10.2. The molecule has 27 heavy (non-hydrogen) atoms. The molecule has 0 aliphatic carbocycles. The summed E-state index contributed by atoms with van der Waals surface area (Å²) in [4.78, 5) is 23.9. The SMILES string of the molecule is CCCNC(=O)[C@H](C)OC(=O)c1cccc(S(=O)(=O)NCc2ccco2)c1. The van der Waals surface area contributed by atoms with Gasteiger partial charge in [-0.2, -0.15) is 0 Å². The second-order valence-electron chi connectivity index (χ2n) is 5.77. The highest BCUT2D eigenvalue weighted by Crippen LogP contribution is 2.14. The number of sulfonamides is 1. The Labute approximate surface area is 157 Å². The molecule has 8 nitrogen and oxygen atoms in total. The molecule has 2 aromatic rings. The molecule has 0 saturated carbocycles. The molecule has 0 aliphatic rings. The summed E-state index contributed by atoms with van der Waals surface area (Å²) in [5.74, 6) is -0.729. The zero-order valence-corrected chi connectivity index (χ0v) is 15.9. The number of benzene rings is 1. The number of hydrogen-bond acceptors (Lipinski definition) is 6.